The van der Waals surface area contributed by atoms with Gasteiger partial charge in [0.25, 0.3) is 0 Å². The highest BCUT2D eigenvalue weighted by Crippen LogP contribution is 2.31. The maximum atomic E-state index is 11.4. The number of carboxylic acids is 1. The highest BCUT2D eigenvalue weighted by Gasteiger charge is 2.20. The molecular weight excluding hydrogens is 282 g/mol. The third kappa shape index (κ3) is 2.36. The molecular formula is C16H16N3O3-. The van der Waals surface area contributed by atoms with Gasteiger partial charge in [0, 0.05) is 5.39 Å². The topological polar surface area (TPSA) is 91.1 Å². The van der Waals surface area contributed by atoms with Gasteiger partial charge in [0.1, 0.15) is 17.4 Å². The molecule has 2 atom stereocenters. The van der Waals surface area contributed by atoms with Crippen LogP contribution >= 0.6 is 0 Å². The molecule has 114 valence electrons. The number of carboxylic acid groups (broad SMARTS) is 1. The third-order valence-corrected chi connectivity index (χ3v) is 3.92. The molecule has 0 saturated carbocycles. The summed E-state index contributed by atoms with van der Waals surface area (Å²) in [7, 11) is 0. The van der Waals surface area contributed by atoms with Crippen LogP contribution in [0.5, 0.6) is 0 Å². The van der Waals surface area contributed by atoms with E-state index < -0.39 is 12.0 Å². The summed E-state index contributed by atoms with van der Waals surface area (Å²) in [6.07, 6.45) is 2.11. The molecule has 2 heterocycles. The second-order valence-corrected chi connectivity index (χ2v) is 5.32. The second kappa shape index (κ2) is 5.63. The normalized spacial score (nSPS) is 14.1. The van der Waals surface area contributed by atoms with E-state index in [9.17, 15) is 9.90 Å². The van der Waals surface area contributed by atoms with Crippen LogP contribution in [0.2, 0.25) is 0 Å². The molecule has 1 aromatic carbocycles. The predicted molar refractivity (Wildman–Crippen MR) is 81.2 cm³/mol. The van der Waals surface area contributed by atoms with E-state index in [2.05, 4.69) is 15.3 Å². The van der Waals surface area contributed by atoms with Crippen molar-refractivity contribution in [2.75, 3.05) is 5.32 Å². The van der Waals surface area contributed by atoms with Gasteiger partial charge in [0.15, 0.2) is 11.4 Å². The molecule has 0 radical (unpaired) electrons. The molecule has 22 heavy (non-hydrogen) atoms. The van der Waals surface area contributed by atoms with Crippen LogP contribution in [0.15, 0.2) is 35.0 Å². The first-order chi connectivity index (χ1) is 10.6. The van der Waals surface area contributed by atoms with E-state index in [1.807, 2.05) is 38.1 Å². The molecule has 0 fully saturated rings. The van der Waals surface area contributed by atoms with Gasteiger partial charge in [-0.3, -0.25) is 0 Å². The summed E-state index contributed by atoms with van der Waals surface area (Å²) in [5.41, 5.74) is 1.81. The number of aromatic nitrogens is 2. The summed E-state index contributed by atoms with van der Waals surface area (Å²) in [6.45, 7) is 3.78. The van der Waals surface area contributed by atoms with Crippen molar-refractivity contribution in [1.29, 1.82) is 0 Å². The summed E-state index contributed by atoms with van der Waals surface area (Å²) in [5.74, 6) is -0.882. The number of hydrogen-bond acceptors (Lipinski definition) is 6. The number of fused-ring (bicyclic) bond motifs is 3. The maximum absolute atomic E-state index is 11.4. The van der Waals surface area contributed by atoms with Crippen LogP contribution in [0, 0.1) is 5.92 Å². The van der Waals surface area contributed by atoms with Crippen molar-refractivity contribution in [2.45, 2.75) is 26.3 Å². The molecule has 0 saturated heterocycles. The van der Waals surface area contributed by atoms with E-state index >= 15 is 0 Å². The average molecular weight is 298 g/mol. The van der Waals surface area contributed by atoms with Crippen molar-refractivity contribution in [3.63, 3.8) is 0 Å². The van der Waals surface area contributed by atoms with Crippen molar-refractivity contribution in [2.24, 2.45) is 5.92 Å². The fraction of sp³-hybridized carbons (Fsp3) is 0.312. The molecule has 0 unspecified atom stereocenters. The Morgan fingerprint density at radius 2 is 2.14 bits per heavy atom. The molecule has 2 aromatic heterocycles. The van der Waals surface area contributed by atoms with Gasteiger partial charge in [-0.15, -0.1) is 0 Å². The summed E-state index contributed by atoms with van der Waals surface area (Å²) < 4.78 is 5.78. The summed E-state index contributed by atoms with van der Waals surface area (Å²) in [4.78, 5) is 19.7. The number of para-hydroxylation sites is 1. The predicted octanol–water partition coefficient (Wildman–Crippen LogP) is 1.95. The van der Waals surface area contributed by atoms with Gasteiger partial charge in [0.05, 0.1) is 12.0 Å². The Morgan fingerprint density at radius 3 is 2.86 bits per heavy atom. The fourth-order valence-corrected chi connectivity index (χ4v) is 2.44. The molecule has 3 aromatic rings. The highest BCUT2D eigenvalue weighted by molar-refractivity contribution is 6.05. The van der Waals surface area contributed by atoms with Gasteiger partial charge < -0.3 is 19.6 Å². The third-order valence-electron chi connectivity index (χ3n) is 3.92. The number of rotatable bonds is 5. The second-order valence-electron chi connectivity index (χ2n) is 5.32. The van der Waals surface area contributed by atoms with E-state index in [0.29, 0.717) is 28.9 Å². The van der Waals surface area contributed by atoms with E-state index in [1.165, 1.54) is 6.33 Å². The number of aliphatic carboxylic acids is 1. The Kier molecular flexibility index (Phi) is 3.66. The molecule has 3 rings (SSSR count). The van der Waals surface area contributed by atoms with Crippen LogP contribution < -0.4 is 10.4 Å². The van der Waals surface area contributed by atoms with Crippen LogP contribution in [-0.2, 0) is 4.79 Å². The van der Waals surface area contributed by atoms with Crippen molar-refractivity contribution in [3.8, 4) is 0 Å². The fourth-order valence-electron chi connectivity index (χ4n) is 2.44. The minimum Gasteiger partial charge on any atom is -0.548 e. The molecule has 1 N–H and O–H groups in total. The number of hydrogen-bond donors (Lipinski definition) is 1. The number of carbonyl (C=O) groups excluding carboxylic acids is 1. The van der Waals surface area contributed by atoms with Gasteiger partial charge in [-0.05, 0) is 18.1 Å². The Morgan fingerprint density at radius 1 is 1.36 bits per heavy atom. The van der Waals surface area contributed by atoms with E-state index in [4.69, 9.17) is 4.42 Å². The monoisotopic (exact) mass is 298 g/mol. The highest BCUT2D eigenvalue weighted by atomic mass is 16.4. The van der Waals surface area contributed by atoms with Crippen molar-refractivity contribution in [1.82, 2.24) is 9.97 Å². The quantitative estimate of drug-likeness (QED) is 0.774. The van der Waals surface area contributed by atoms with Gasteiger partial charge >= 0.3 is 0 Å². The van der Waals surface area contributed by atoms with Crippen molar-refractivity contribution < 1.29 is 14.3 Å². The van der Waals surface area contributed by atoms with Crippen LogP contribution in [-0.4, -0.2) is 22.0 Å². The lowest BCUT2D eigenvalue weighted by Gasteiger charge is -2.25. The van der Waals surface area contributed by atoms with Crippen LogP contribution in [0.3, 0.4) is 0 Å². The summed E-state index contributed by atoms with van der Waals surface area (Å²) in [5, 5.41) is 15.2. The number of nitrogens with one attached hydrogen (secondary N) is 1. The molecule has 0 aliphatic heterocycles. The number of carbonyl (C=O) groups is 1. The van der Waals surface area contributed by atoms with Gasteiger partial charge in [-0.1, -0.05) is 32.4 Å². The first-order valence-electron chi connectivity index (χ1n) is 7.21. The Labute approximate surface area is 127 Å². The number of furan rings is 1. The molecule has 0 aliphatic carbocycles. The number of nitrogens with zero attached hydrogens (tertiary/aromatic N) is 2. The Bertz CT molecular complexity index is 828. The smallest absolute Gasteiger partial charge is 0.196 e. The first kappa shape index (κ1) is 14.3. The van der Waals surface area contributed by atoms with Gasteiger partial charge in [0.2, 0.25) is 0 Å². The zero-order valence-corrected chi connectivity index (χ0v) is 12.4. The molecule has 6 nitrogen and oxygen atoms in total. The Balaban J connectivity index is 2.09. The standard InChI is InChI=1S/C16H17N3O3/c1-3-9(2)12(16(20)21)19-15-14-13(17-8-18-15)10-6-4-5-7-11(10)22-14/h4-9,12H,3H2,1-2H3,(H,20,21)(H,17,18,19)/p-1/t9-,12+/m1/s1. The molecule has 0 amide bonds. The molecule has 6 heteroatoms. The SMILES string of the molecule is CC[C@@H](C)[C@H](Nc1ncnc2c1oc1ccccc12)C(=O)[O-]. The largest absolute Gasteiger partial charge is 0.548 e. The van der Waals surface area contributed by atoms with Crippen LogP contribution in [0.4, 0.5) is 5.82 Å². The van der Waals surface area contributed by atoms with Gasteiger partial charge in [-0.25, -0.2) is 9.97 Å². The zero-order valence-electron chi connectivity index (χ0n) is 12.4. The minimum atomic E-state index is -1.16. The summed E-state index contributed by atoms with van der Waals surface area (Å²) in [6, 6.07) is 6.68. The van der Waals surface area contributed by atoms with Gasteiger partial charge in [-0.2, -0.15) is 0 Å². The molecule has 0 bridgehead atoms. The minimum absolute atomic E-state index is 0.0978. The summed E-state index contributed by atoms with van der Waals surface area (Å²) >= 11 is 0. The lowest BCUT2D eigenvalue weighted by Crippen LogP contribution is -2.45. The van der Waals surface area contributed by atoms with Crippen molar-refractivity contribution >= 4 is 33.9 Å². The molecule has 0 aliphatic rings. The van der Waals surface area contributed by atoms with E-state index in [-0.39, 0.29) is 5.92 Å². The lowest BCUT2D eigenvalue weighted by molar-refractivity contribution is -0.307. The number of anilines is 1. The maximum Gasteiger partial charge on any atom is 0.196 e. The van der Waals surface area contributed by atoms with Crippen LogP contribution in [0.1, 0.15) is 20.3 Å². The Hall–Kier alpha value is -2.63. The van der Waals surface area contributed by atoms with Crippen molar-refractivity contribution in [3.05, 3.63) is 30.6 Å². The number of benzene rings is 1. The van der Waals surface area contributed by atoms with Crippen LogP contribution in [0.25, 0.3) is 22.1 Å². The van der Waals surface area contributed by atoms with E-state index in [0.717, 1.165) is 5.39 Å². The van der Waals surface area contributed by atoms with E-state index in [1.54, 1.807) is 0 Å². The lowest BCUT2D eigenvalue weighted by atomic mass is 9.99. The average Bonchev–Trinajstić information content (AvgIpc) is 2.91. The first-order valence-corrected chi connectivity index (χ1v) is 7.21. The zero-order chi connectivity index (χ0) is 15.7. The molecule has 0 spiro atoms.